The molecule has 6 nitrogen and oxygen atoms in total. The van der Waals surface area contributed by atoms with Crippen molar-refractivity contribution >= 4 is 11.5 Å². The highest BCUT2D eigenvalue weighted by atomic mass is 16.3. The van der Waals surface area contributed by atoms with Gasteiger partial charge in [-0.05, 0) is 17.7 Å². The van der Waals surface area contributed by atoms with Crippen LogP contribution >= 0.6 is 0 Å². The predicted molar refractivity (Wildman–Crippen MR) is 93.0 cm³/mol. The van der Waals surface area contributed by atoms with Gasteiger partial charge in [0, 0.05) is 45.1 Å². The monoisotopic (exact) mass is 323 g/mol. The highest BCUT2D eigenvalue weighted by Crippen LogP contribution is 2.17. The van der Waals surface area contributed by atoms with Crippen LogP contribution in [0.25, 0.3) is 5.65 Å². The molecule has 4 rings (SSSR count). The maximum absolute atomic E-state index is 10.4. The molecule has 0 spiro atoms. The third kappa shape index (κ3) is 3.11. The quantitative estimate of drug-likeness (QED) is 0.790. The number of rotatable bonds is 4. The highest BCUT2D eigenvalue weighted by molar-refractivity contribution is 5.46. The van der Waals surface area contributed by atoms with Crippen LogP contribution in [0.4, 0.5) is 5.82 Å². The summed E-state index contributed by atoms with van der Waals surface area (Å²) in [7, 11) is 0. The Labute approximate surface area is 141 Å². The summed E-state index contributed by atoms with van der Waals surface area (Å²) < 4.78 is 1.81. The normalized spacial score (nSPS) is 17.3. The SMILES string of the molecule is O[C@H](CN1CCN(c2ccc3nccn3n2)CC1)c1ccccc1. The van der Waals surface area contributed by atoms with E-state index in [1.165, 1.54) is 0 Å². The number of aromatic nitrogens is 3. The van der Waals surface area contributed by atoms with Crippen LogP contribution in [-0.4, -0.2) is 57.3 Å². The number of benzene rings is 1. The van der Waals surface area contributed by atoms with Gasteiger partial charge < -0.3 is 10.0 Å². The molecule has 0 saturated carbocycles. The minimum Gasteiger partial charge on any atom is -0.387 e. The summed E-state index contributed by atoms with van der Waals surface area (Å²) in [4.78, 5) is 8.82. The lowest BCUT2D eigenvalue weighted by molar-refractivity contribution is 0.109. The molecule has 124 valence electrons. The Morgan fingerprint density at radius 3 is 2.58 bits per heavy atom. The maximum Gasteiger partial charge on any atom is 0.153 e. The number of hydrogen-bond donors (Lipinski definition) is 1. The molecule has 0 radical (unpaired) electrons. The van der Waals surface area contributed by atoms with Gasteiger partial charge in [0.25, 0.3) is 0 Å². The van der Waals surface area contributed by atoms with Crippen LogP contribution in [0.5, 0.6) is 0 Å². The molecule has 0 bridgehead atoms. The van der Waals surface area contributed by atoms with E-state index in [4.69, 9.17) is 0 Å². The smallest absolute Gasteiger partial charge is 0.153 e. The van der Waals surface area contributed by atoms with E-state index >= 15 is 0 Å². The summed E-state index contributed by atoms with van der Waals surface area (Å²) in [6.07, 6.45) is 3.19. The zero-order valence-corrected chi connectivity index (χ0v) is 13.5. The number of β-amino-alcohol motifs (C(OH)–C–C–N with tert-alkyl or cyclic N) is 1. The molecule has 1 aromatic carbocycles. The fraction of sp³-hybridized carbons (Fsp3) is 0.333. The van der Waals surface area contributed by atoms with Crippen LogP contribution < -0.4 is 4.90 Å². The molecule has 24 heavy (non-hydrogen) atoms. The minimum absolute atomic E-state index is 0.432. The first kappa shape index (κ1) is 15.1. The van der Waals surface area contributed by atoms with E-state index in [1.54, 1.807) is 10.7 Å². The average molecular weight is 323 g/mol. The molecule has 3 aromatic rings. The number of piperazine rings is 1. The molecule has 1 saturated heterocycles. The van der Waals surface area contributed by atoms with Gasteiger partial charge in [0.1, 0.15) is 5.82 Å². The fourth-order valence-corrected chi connectivity index (χ4v) is 3.16. The molecule has 1 atom stereocenters. The number of aliphatic hydroxyl groups is 1. The molecular formula is C18H21N5O. The first-order valence-electron chi connectivity index (χ1n) is 8.30. The van der Waals surface area contributed by atoms with Crippen molar-refractivity contribution in [3.8, 4) is 0 Å². The van der Waals surface area contributed by atoms with Gasteiger partial charge in [-0.3, -0.25) is 4.90 Å². The van der Waals surface area contributed by atoms with E-state index in [0.717, 1.165) is 43.2 Å². The summed E-state index contributed by atoms with van der Waals surface area (Å²) in [6.45, 7) is 4.34. The molecule has 2 aromatic heterocycles. The number of aliphatic hydroxyl groups excluding tert-OH is 1. The molecule has 1 aliphatic heterocycles. The maximum atomic E-state index is 10.4. The van der Waals surface area contributed by atoms with Gasteiger partial charge in [-0.1, -0.05) is 30.3 Å². The van der Waals surface area contributed by atoms with Crippen LogP contribution in [0.1, 0.15) is 11.7 Å². The van der Waals surface area contributed by atoms with Gasteiger partial charge in [0.15, 0.2) is 5.65 Å². The van der Waals surface area contributed by atoms with Crippen LogP contribution in [0, 0.1) is 0 Å². The lowest BCUT2D eigenvalue weighted by Crippen LogP contribution is -2.47. The van der Waals surface area contributed by atoms with Crippen molar-refractivity contribution in [1.82, 2.24) is 19.5 Å². The number of anilines is 1. The van der Waals surface area contributed by atoms with Crippen molar-refractivity contribution in [1.29, 1.82) is 0 Å². The van der Waals surface area contributed by atoms with Crippen molar-refractivity contribution < 1.29 is 5.11 Å². The minimum atomic E-state index is -0.432. The molecule has 0 amide bonds. The van der Waals surface area contributed by atoms with Crippen molar-refractivity contribution in [2.75, 3.05) is 37.6 Å². The Bertz CT molecular complexity index is 795. The third-order valence-corrected chi connectivity index (χ3v) is 4.55. The van der Waals surface area contributed by atoms with Crippen molar-refractivity contribution in [2.24, 2.45) is 0 Å². The molecule has 3 heterocycles. The molecule has 6 heteroatoms. The van der Waals surface area contributed by atoms with E-state index in [0.29, 0.717) is 6.54 Å². The van der Waals surface area contributed by atoms with E-state index in [-0.39, 0.29) is 0 Å². The fourth-order valence-electron chi connectivity index (χ4n) is 3.16. The van der Waals surface area contributed by atoms with E-state index in [2.05, 4.69) is 19.9 Å². The molecule has 1 N–H and O–H groups in total. The topological polar surface area (TPSA) is 56.9 Å². The second kappa shape index (κ2) is 6.59. The van der Waals surface area contributed by atoms with Gasteiger partial charge in [-0.25, -0.2) is 9.50 Å². The number of nitrogens with zero attached hydrogens (tertiary/aromatic N) is 5. The summed E-state index contributed by atoms with van der Waals surface area (Å²) in [5, 5.41) is 15.0. The zero-order valence-electron chi connectivity index (χ0n) is 13.5. The van der Waals surface area contributed by atoms with Crippen molar-refractivity contribution in [3.63, 3.8) is 0 Å². The number of fused-ring (bicyclic) bond motifs is 1. The van der Waals surface area contributed by atoms with E-state index in [1.807, 2.05) is 48.7 Å². The Hall–Kier alpha value is -2.44. The van der Waals surface area contributed by atoms with E-state index in [9.17, 15) is 5.11 Å². The Balaban J connectivity index is 1.36. The van der Waals surface area contributed by atoms with Gasteiger partial charge in [0.05, 0.1) is 6.10 Å². The van der Waals surface area contributed by atoms with Crippen LogP contribution in [-0.2, 0) is 0 Å². The first-order valence-corrected chi connectivity index (χ1v) is 8.30. The van der Waals surface area contributed by atoms with Gasteiger partial charge >= 0.3 is 0 Å². The highest BCUT2D eigenvalue weighted by Gasteiger charge is 2.21. The van der Waals surface area contributed by atoms with Gasteiger partial charge in [-0.2, -0.15) is 0 Å². The average Bonchev–Trinajstić information content (AvgIpc) is 3.11. The second-order valence-corrected chi connectivity index (χ2v) is 6.14. The molecule has 1 fully saturated rings. The third-order valence-electron chi connectivity index (χ3n) is 4.55. The second-order valence-electron chi connectivity index (χ2n) is 6.14. The predicted octanol–water partition coefficient (Wildman–Crippen LogP) is 1.58. The molecule has 0 unspecified atom stereocenters. The number of hydrogen-bond acceptors (Lipinski definition) is 5. The summed E-state index contributed by atoms with van der Waals surface area (Å²) in [5.41, 5.74) is 1.84. The largest absolute Gasteiger partial charge is 0.387 e. The first-order chi connectivity index (χ1) is 11.8. The number of imidazole rings is 1. The Morgan fingerprint density at radius 2 is 1.79 bits per heavy atom. The van der Waals surface area contributed by atoms with Crippen LogP contribution in [0.15, 0.2) is 54.9 Å². The summed E-state index contributed by atoms with van der Waals surface area (Å²) in [6, 6.07) is 13.9. The van der Waals surface area contributed by atoms with Crippen molar-refractivity contribution in [2.45, 2.75) is 6.10 Å². The van der Waals surface area contributed by atoms with Crippen LogP contribution in [0.2, 0.25) is 0 Å². The zero-order chi connectivity index (χ0) is 16.4. The molecule has 0 aliphatic carbocycles. The van der Waals surface area contributed by atoms with Gasteiger partial charge in [0.2, 0.25) is 0 Å². The van der Waals surface area contributed by atoms with Crippen LogP contribution in [0.3, 0.4) is 0 Å². The Morgan fingerprint density at radius 1 is 1.00 bits per heavy atom. The molecular weight excluding hydrogens is 302 g/mol. The lowest BCUT2D eigenvalue weighted by Gasteiger charge is -2.36. The Kier molecular flexibility index (Phi) is 4.15. The summed E-state index contributed by atoms with van der Waals surface area (Å²) >= 11 is 0. The molecule has 1 aliphatic rings. The van der Waals surface area contributed by atoms with Gasteiger partial charge in [-0.15, -0.1) is 5.10 Å². The standard InChI is InChI=1S/C18H21N5O/c24-16(15-4-2-1-3-5-15)14-21-10-12-22(13-11-21)18-7-6-17-19-8-9-23(17)20-18/h1-9,16,24H,10-14H2/t16-/m1/s1. The van der Waals surface area contributed by atoms with E-state index < -0.39 is 6.10 Å². The lowest BCUT2D eigenvalue weighted by atomic mass is 10.1. The van der Waals surface area contributed by atoms with Crippen molar-refractivity contribution in [3.05, 3.63) is 60.4 Å². The summed E-state index contributed by atoms with van der Waals surface area (Å²) in [5.74, 6) is 0.976.